The molecular weight excluding hydrogens is 194 g/mol. The van der Waals surface area contributed by atoms with Crippen molar-refractivity contribution in [2.45, 2.75) is 17.8 Å². The van der Waals surface area contributed by atoms with Gasteiger partial charge in [-0.05, 0) is 13.0 Å². The van der Waals surface area contributed by atoms with Gasteiger partial charge in [0, 0.05) is 25.4 Å². The van der Waals surface area contributed by atoms with Gasteiger partial charge in [-0.2, -0.15) is 8.42 Å². The highest BCUT2D eigenvalue weighted by Gasteiger charge is 2.53. The lowest BCUT2D eigenvalue weighted by Gasteiger charge is -2.35. The Bertz CT molecular complexity index is 314. The van der Waals surface area contributed by atoms with E-state index in [9.17, 15) is 13.5 Å². The molecule has 0 aromatic heterocycles. The van der Waals surface area contributed by atoms with Gasteiger partial charge in [-0.3, -0.25) is 4.55 Å². The predicted molar refractivity (Wildman–Crippen MR) is 45.7 cm³/mol. The summed E-state index contributed by atoms with van der Waals surface area (Å²) in [6.07, 6.45) is 0.771. The minimum absolute atomic E-state index is 0.122. The average Bonchev–Trinajstić information content (AvgIpc) is 2.41. The smallest absolute Gasteiger partial charge is 0.295 e. The predicted octanol–water partition coefficient (Wildman–Crippen LogP) is -0.712. The number of hydrogen-bond acceptors (Lipinski definition) is 4. The second-order valence-electron chi connectivity index (χ2n) is 3.86. The number of piperidine rings is 1. The Morgan fingerprint density at radius 3 is 2.69 bits per heavy atom. The van der Waals surface area contributed by atoms with Crippen molar-refractivity contribution in [1.29, 1.82) is 0 Å². The summed E-state index contributed by atoms with van der Waals surface area (Å²) in [4.78, 5) is 0.213. The first-order valence-electron chi connectivity index (χ1n) is 4.35. The van der Waals surface area contributed by atoms with E-state index in [0.717, 1.165) is 6.54 Å². The quantitative estimate of drug-likeness (QED) is 0.555. The molecule has 2 bridgehead atoms. The fourth-order valence-corrected chi connectivity index (χ4v) is 3.23. The molecule has 0 amide bonds. The molecular formula is C7H13NO4S. The maximum absolute atomic E-state index is 11.0. The van der Waals surface area contributed by atoms with Gasteiger partial charge < -0.3 is 10.0 Å². The summed E-state index contributed by atoms with van der Waals surface area (Å²) in [5.74, 6) is -0.323. The Kier molecular flexibility index (Phi) is 1.92. The third-order valence-corrected chi connectivity index (χ3v) is 4.57. The first-order chi connectivity index (χ1) is 5.93. The van der Waals surface area contributed by atoms with Crippen LogP contribution in [-0.2, 0) is 10.1 Å². The van der Waals surface area contributed by atoms with E-state index in [1.54, 1.807) is 0 Å². The van der Waals surface area contributed by atoms with Crippen LogP contribution in [0.4, 0.5) is 0 Å². The van der Waals surface area contributed by atoms with Gasteiger partial charge in [0.05, 0.1) is 0 Å². The first-order valence-corrected chi connectivity index (χ1v) is 5.79. The number of aliphatic hydroxyl groups is 1. The molecule has 0 aliphatic carbocycles. The third-order valence-electron chi connectivity index (χ3n) is 3.14. The van der Waals surface area contributed by atoms with Crippen molar-refractivity contribution in [2.24, 2.45) is 5.92 Å². The van der Waals surface area contributed by atoms with Crippen LogP contribution in [-0.4, -0.2) is 47.5 Å². The Hall–Kier alpha value is -0.170. The summed E-state index contributed by atoms with van der Waals surface area (Å²) in [6.45, 7) is 1.95. The molecule has 2 heterocycles. The average molecular weight is 207 g/mol. The SMILES string of the molecule is O=S(=O)(O)C1(O)CCN2CCC1C2. The molecule has 3 unspecified atom stereocenters. The standard InChI is InChI=1S/C7H13NO4S/c9-7(13(10,11)12)2-4-8-3-1-6(7)5-8/h6,9H,1-5H2,(H,10,11,12). The second-order valence-corrected chi connectivity index (χ2v) is 5.51. The maximum atomic E-state index is 11.0. The summed E-state index contributed by atoms with van der Waals surface area (Å²) >= 11 is 0. The van der Waals surface area contributed by atoms with Gasteiger partial charge in [0.15, 0.2) is 4.93 Å². The molecule has 2 aliphatic heterocycles. The van der Waals surface area contributed by atoms with Crippen LogP contribution in [0.3, 0.4) is 0 Å². The summed E-state index contributed by atoms with van der Waals surface area (Å²) in [5.41, 5.74) is 0. The molecule has 13 heavy (non-hydrogen) atoms. The van der Waals surface area contributed by atoms with Gasteiger partial charge in [-0.15, -0.1) is 0 Å². The van der Waals surface area contributed by atoms with Crippen molar-refractivity contribution < 1.29 is 18.1 Å². The molecule has 6 heteroatoms. The molecule has 0 saturated carbocycles. The van der Waals surface area contributed by atoms with Crippen molar-refractivity contribution in [1.82, 2.24) is 4.90 Å². The minimum Gasteiger partial charge on any atom is -0.372 e. The van der Waals surface area contributed by atoms with E-state index in [-0.39, 0.29) is 12.3 Å². The molecule has 0 spiro atoms. The van der Waals surface area contributed by atoms with Crippen LogP contribution in [0.1, 0.15) is 12.8 Å². The number of fused-ring (bicyclic) bond motifs is 2. The van der Waals surface area contributed by atoms with Crippen molar-refractivity contribution >= 4 is 10.1 Å². The molecule has 76 valence electrons. The fraction of sp³-hybridized carbons (Fsp3) is 1.00. The molecule has 2 aliphatic rings. The maximum Gasteiger partial charge on any atom is 0.295 e. The van der Waals surface area contributed by atoms with Gasteiger partial charge in [0.25, 0.3) is 10.1 Å². The molecule has 2 saturated heterocycles. The van der Waals surface area contributed by atoms with Gasteiger partial charge in [0.2, 0.25) is 0 Å². The van der Waals surface area contributed by atoms with Gasteiger partial charge in [-0.1, -0.05) is 0 Å². The largest absolute Gasteiger partial charge is 0.372 e. The Balaban J connectivity index is 2.33. The molecule has 5 nitrogen and oxygen atoms in total. The van der Waals surface area contributed by atoms with E-state index >= 15 is 0 Å². The Morgan fingerprint density at radius 2 is 2.08 bits per heavy atom. The van der Waals surface area contributed by atoms with E-state index in [0.29, 0.717) is 19.5 Å². The number of rotatable bonds is 1. The topological polar surface area (TPSA) is 77.8 Å². The van der Waals surface area contributed by atoms with E-state index in [1.807, 2.05) is 0 Å². The zero-order valence-electron chi connectivity index (χ0n) is 7.18. The van der Waals surface area contributed by atoms with E-state index in [2.05, 4.69) is 4.90 Å². The van der Waals surface area contributed by atoms with Crippen molar-refractivity contribution in [2.75, 3.05) is 19.6 Å². The van der Waals surface area contributed by atoms with Gasteiger partial charge in [-0.25, -0.2) is 0 Å². The molecule has 2 rings (SSSR count). The van der Waals surface area contributed by atoms with Crippen LogP contribution < -0.4 is 0 Å². The summed E-state index contributed by atoms with van der Waals surface area (Å²) in [5, 5.41) is 9.83. The third kappa shape index (κ3) is 1.28. The molecule has 0 aromatic rings. The fourth-order valence-electron chi connectivity index (χ4n) is 2.27. The highest BCUT2D eigenvalue weighted by Crippen LogP contribution is 2.38. The highest BCUT2D eigenvalue weighted by atomic mass is 32.2. The zero-order chi connectivity index (χ0) is 9.69. The lowest BCUT2D eigenvalue weighted by atomic mass is 9.96. The summed E-state index contributed by atoms with van der Waals surface area (Å²) in [6, 6.07) is 0. The van der Waals surface area contributed by atoms with Crippen molar-refractivity contribution in [3.8, 4) is 0 Å². The second kappa shape index (κ2) is 2.66. The zero-order valence-corrected chi connectivity index (χ0v) is 8.00. The van der Waals surface area contributed by atoms with Crippen LogP contribution >= 0.6 is 0 Å². The molecule has 2 fully saturated rings. The molecule has 2 N–H and O–H groups in total. The van der Waals surface area contributed by atoms with Crippen LogP contribution in [0.5, 0.6) is 0 Å². The van der Waals surface area contributed by atoms with Gasteiger partial charge in [0.1, 0.15) is 0 Å². The number of nitrogens with zero attached hydrogens (tertiary/aromatic N) is 1. The minimum atomic E-state index is -4.33. The lowest BCUT2D eigenvalue weighted by molar-refractivity contribution is 0.0204. The first kappa shape index (κ1) is 9.39. The Morgan fingerprint density at radius 1 is 1.38 bits per heavy atom. The van der Waals surface area contributed by atoms with Crippen molar-refractivity contribution in [3.05, 3.63) is 0 Å². The molecule has 0 aromatic carbocycles. The normalized spacial score (nSPS) is 45.1. The summed E-state index contributed by atoms with van der Waals surface area (Å²) < 4.78 is 30.9. The van der Waals surface area contributed by atoms with Crippen LogP contribution in [0.15, 0.2) is 0 Å². The lowest BCUT2D eigenvalue weighted by Crippen LogP contribution is -2.51. The van der Waals surface area contributed by atoms with Gasteiger partial charge >= 0.3 is 0 Å². The van der Waals surface area contributed by atoms with E-state index in [4.69, 9.17) is 4.55 Å². The van der Waals surface area contributed by atoms with Crippen LogP contribution in [0, 0.1) is 5.92 Å². The number of hydrogen-bond donors (Lipinski definition) is 2. The monoisotopic (exact) mass is 207 g/mol. The summed E-state index contributed by atoms with van der Waals surface area (Å²) in [7, 11) is -4.33. The van der Waals surface area contributed by atoms with Crippen molar-refractivity contribution in [3.63, 3.8) is 0 Å². The van der Waals surface area contributed by atoms with E-state index < -0.39 is 15.1 Å². The Labute approximate surface area is 77.1 Å². The van der Waals surface area contributed by atoms with Crippen LogP contribution in [0.25, 0.3) is 0 Å². The van der Waals surface area contributed by atoms with Crippen LogP contribution in [0.2, 0.25) is 0 Å². The molecule has 3 atom stereocenters. The molecule has 0 radical (unpaired) electrons. The van der Waals surface area contributed by atoms with E-state index in [1.165, 1.54) is 0 Å². The highest BCUT2D eigenvalue weighted by molar-refractivity contribution is 7.87.